The lowest BCUT2D eigenvalue weighted by Gasteiger charge is -2.22. The highest BCUT2D eigenvalue weighted by atomic mass is 32.1. The number of carbonyl (C=O) groups excluding carboxylic acids is 1. The summed E-state index contributed by atoms with van der Waals surface area (Å²) in [6, 6.07) is 16.2. The van der Waals surface area contributed by atoms with Crippen LogP contribution in [-0.2, 0) is 24.3 Å². The Balaban J connectivity index is 1.27. The third-order valence-electron chi connectivity index (χ3n) is 5.79. The fourth-order valence-electron chi connectivity index (χ4n) is 3.93. The second kappa shape index (κ2) is 11.3. The Morgan fingerprint density at radius 2 is 2.12 bits per heavy atom. The summed E-state index contributed by atoms with van der Waals surface area (Å²) in [7, 11) is 1.67. The van der Waals surface area contributed by atoms with E-state index in [1.807, 2.05) is 41.8 Å². The van der Waals surface area contributed by atoms with E-state index < -0.39 is 0 Å². The lowest BCUT2D eigenvalue weighted by Crippen LogP contribution is -2.35. The Labute approximate surface area is 199 Å². The molecule has 1 aliphatic heterocycles. The number of nitrogens with one attached hydrogen (secondary N) is 1. The molecule has 174 valence electrons. The molecule has 0 bridgehead atoms. The first-order valence-corrected chi connectivity index (χ1v) is 12.3. The molecule has 1 atom stereocenters. The van der Waals surface area contributed by atoms with Gasteiger partial charge in [-0.25, -0.2) is 4.98 Å². The maximum atomic E-state index is 12.5. The van der Waals surface area contributed by atoms with Gasteiger partial charge in [0.05, 0.1) is 24.4 Å². The smallest absolute Gasteiger partial charge is 0.221 e. The normalized spacial score (nSPS) is 15.9. The van der Waals surface area contributed by atoms with Crippen molar-refractivity contribution in [1.82, 2.24) is 15.2 Å². The predicted molar refractivity (Wildman–Crippen MR) is 131 cm³/mol. The minimum absolute atomic E-state index is 0.0386. The van der Waals surface area contributed by atoms with Crippen molar-refractivity contribution in [3.63, 3.8) is 0 Å². The second-order valence-corrected chi connectivity index (χ2v) is 9.22. The van der Waals surface area contributed by atoms with Gasteiger partial charge in [0.25, 0.3) is 0 Å². The molecule has 6 nitrogen and oxygen atoms in total. The first-order chi connectivity index (χ1) is 16.1. The number of ether oxygens (including phenoxy) is 2. The number of nitrogens with zero attached hydrogens (tertiary/aromatic N) is 2. The first kappa shape index (κ1) is 23.3. The highest BCUT2D eigenvalue weighted by Gasteiger charge is 2.22. The van der Waals surface area contributed by atoms with Gasteiger partial charge in [-0.2, -0.15) is 0 Å². The van der Waals surface area contributed by atoms with Crippen LogP contribution in [0, 0.1) is 0 Å². The highest BCUT2D eigenvalue weighted by Crippen LogP contribution is 2.29. The van der Waals surface area contributed by atoms with E-state index in [0.717, 1.165) is 53.7 Å². The van der Waals surface area contributed by atoms with Gasteiger partial charge in [0.15, 0.2) is 0 Å². The Hall–Kier alpha value is -2.90. The molecule has 33 heavy (non-hydrogen) atoms. The Morgan fingerprint density at radius 3 is 2.91 bits per heavy atom. The van der Waals surface area contributed by atoms with Crippen LogP contribution in [0.2, 0.25) is 0 Å². The lowest BCUT2D eigenvalue weighted by molar-refractivity contribution is -0.121. The molecule has 0 fully saturated rings. The zero-order chi connectivity index (χ0) is 23.0. The number of methoxy groups -OCH3 is 1. The van der Waals surface area contributed by atoms with Crippen molar-refractivity contribution in [1.29, 1.82) is 0 Å². The van der Waals surface area contributed by atoms with Crippen molar-refractivity contribution in [2.45, 2.75) is 45.4 Å². The summed E-state index contributed by atoms with van der Waals surface area (Å²) in [6.45, 7) is 4.81. The molecule has 1 amide bonds. The molecule has 1 aromatic heterocycles. The Kier molecular flexibility index (Phi) is 7.96. The van der Waals surface area contributed by atoms with E-state index in [1.165, 1.54) is 5.56 Å². The van der Waals surface area contributed by atoms with Crippen molar-refractivity contribution < 1.29 is 14.3 Å². The average molecular weight is 466 g/mol. The minimum Gasteiger partial charge on any atom is -0.497 e. The third-order valence-corrected chi connectivity index (χ3v) is 6.69. The summed E-state index contributed by atoms with van der Waals surface area (Å²) in [4.78, 5) is 19.5. The second-order valence-electron chi connectivity index (χ2n) is 8.28. The molecular formula is C26H31N3O3S. The van der Waals surface area contributed by atoms with Crippen molar-refractivity contribution in [2.75, 3.05) is 20.2 Å². The lowest BCUT2D eigenvalue weighted by atomic mass is 10.1. The molecule has 1 aliphatic rings. The summed E-state index contributed by atoms with van der Waals surface area (Å²) in [5.41, 5.74) is 3.25. The number of fused-ring (bicyclic) bond motifs is 1. The molecule has 0 aliphatic carbocycles. The van der Waals surface area contributed by atoms with E-state index in [1.54, 1.807) is 18.4 Å². The monoisotopic (exact) mass is 465 g/mol. The van der Waals surface area contributed by atoms with E-state index in [9.17, 15) is 4.79 Å². The van der Waals surface area contributed by atoms with Crippen LogP contribution in [0.1, 0.15) is 41.6 Å². The Morgan fingerprint density at radius 1 is 1.27 bits per heavy atom. The maximum Gasteiger partial charge on any atom is 0.221 e. The summed E-state index contributed by atoms with van der Waals surface area (Å²) in [5, 5.41) is 6.11. The van der Waals surface area contributed by atoms with Gasteiger partial charge in [0, 0.05) is 43.4 Å². The summed E-state index contributed by atoms with van der Waals surface area (Å²) < 4.78 is 11.6. The number of aromatic nitrogens is 1. The van der Waals surface area contributed by atoms with Crippen LogP contribution in [-0.4, -0.2) is 42.1 Å². The van der Waals surface area contributed by atoms with Gasteiger partial charge in [0.1, 0.15) is 17.6 Å². The van der Waals surface area contributed by atoms with E-state index in [0.29, 0.717) is 19.5 Å². The molecule has 1 N–H and O–H groups in total. The molecule has 0 radical (unpaired) electrons. The number of carbonyl (C=O) groups is 1. The largest absolute Gasteiger partial charge is 0.497 e. The zero-order valence-corrected chi connectivity index (χ0v) is 20.1. The van der Waals surface area contributed by atoms with Gasteiger partial charge in [0.2, 0.25) is 5.91 Å². The van der Waals surface area contributed by atoms with E-state index in [-0.39, 0.29) is 12.0 Å². The third kappa shape index (κ3) is 6.55. The molecule has 1 unspecified atom stereocenters. The highest BCUT2D eigenvalue weighted by molar-refractivity contribution is 7.09. The van der Waals surface area contributed by atoms with Gasteiger partial charge in [-0.1, -0.05) is 37.3 Å². The van der Waals surface area contributed by atoms with Crippen molar-refractivity contribution >= 4 is 17.2 Å². The molecule has 0 spiro atoms. The SMILES string of the molecule is CCC1CN(CCC(=O)NCc2csc(Cc3ccccc3)n2)Cc2cc(OC)ccc2O1. The van der Waals surface area contributed by atoms with Gasteiger partial charge < -0.3 is 14.8 Å². The fraction of sp³-hybridized carbons (Fsp3) is 0.385. The number of thiazole rings is 1. The summed E-state index contributed by atoms with van der Waals surface area (Å²) >= 11 is 1.64. The van der Waals surface area contributed by atoms with Crippen LogP contribution in [0.4, 0.5) is 0 Å². The van der Waals surface area contributed by atoms with Gasteiger partial charge >= 0.3 is 0 Å². The van der Waals surface area contributed by atoms with Gasteiger partial charge in [-0.3, -0.25) is 9.69 Å². The van der Waals surface area contributed by atoms with E-state index in [2.05, 4.69) is 34.3 Å². The molecular weight excluding hydrogens is 434 g/mol. The molecule has 3 aromatic rings. The minimum atomic E-state index is 0.0386. The van der Waals surface area contributed by atoms with Crippen molar-refractivity contribution in [3.05, 3.63) is 75.7 Å². The summed E-state index contributed by atoms with van der Waals surface area (Å²) in [6.07, 6.45) is 2.29. The molecule has 2 heterocycles. The number of amides is 1. The van der Waals surface area contributed by atoms with Crippen LogP contribution in [0.25, 0.3) is 0 Å². The standard InChI is InChI=1S/C26H31N3O3S/c1-3-22-17-29(16-20-14-23(31-2)9-10-24(20)32-22)12-11-25(30)27-15-21-18-33-26(28-21)13-19-7-5-4-6-8-19/h4-10,14,18,22H,3,11-13,15-17H2,1-2H3,(H,27,30). The van der Waals surface area contributed by atoms with E-state index in [4.69, 9.17) is 9.47 Å². The van der Waals surface area contributed by atoms with Crippen LogP contribution < -0.4 is 14.8 Å². The van der Waals surface area contributed by atoms with E-state index >= 15 is 0 Å². The first-order valence-electron chi connectivity index (χ1n) is 11.4. The predicted octanol–water partition coefficient (Wildman–Crippen LogP) is 4.42. The molecule has 7 heteroatoms. The number of hydrogen-bond acceptors (Lipinski definition) is 6. The van der Waals surface area contributed by atoms with Gasteiger partial charge in [-0.15, -0.1) is 11.3 Å². The van der Waals surface area contributed by atoms with Crippen LogP contribution >= 0.6 is 11.3 Å². The van der Waals surface area contributed by atoms with Gasteiger partial charge in [-0.05, 0) is 30.2 Å². The van der Waals surface area contributed by atoms with Crippen LogP contribution in [0.15, 0.2) is 53.9 Å². The van der Waals surface area contributed by atoms with Crippen molar-refractivity contribution in [3.8, 4) is 11.5 Å². The molecule has 2 aromatic carbocycles. The molecule has 0 saturated carbocycles. The topological polar surface area (TPSA) is 63.7 Å². The average Bonchev–Trinajstić information content (AvgIpc) is 3.20. The Bertz CT molecular complexity index is 1050. The van der Waals surface area contributed by atoms with Crippen LogP contribution in [0.5, 0.6) is 11.5 Å². The van der Waals surface area contributed by atoms with Crippen molar-refractivity contribution in [2.24, 2.45) is 0 Å². The summed E-state index contributed by atoms with van der Waals surface area (Å²) in [5.74, 6) is 1.76. The quantitative estimate of drug-likeness (QED) is 0.507. The zero-order valence-electron chi connectivity index (χ0n) is 19.3. The molecule has 4 rings (SSSR count). The molecule has 0 saturated heterocycles. The van der Waals surface area contributed by atoms with Crippen LogP contribution in [0.3, 0.4) is 0 Å². The maximum absolute atomic E-state index is 12.5. The number of benzene rings is 2. The number of hydrogen-bond donors (Lipinski definition) is 1. The fourth-order valence-corrected chi connectivity index (χ4v) is 4.76. The number of rotatable bonds is 9.